The van der Waals surface area contributed by atoms with Crippen molar-refractivity contribution < 1.29 is 5.11 Å². The Hall–Kier alpha value is -1.59. The van der Waals surface area contributed by atoms with E-state index in [1.165, 1.54) is 4.70 Å². The molecule has 0 spiro atoms. The van der Waals surface area contributed by atoms with Crippen molar-refractivity contribution in [2.45, 2.75) is 13.5 Å². The number of phenols is 1. The fourth-order valence-corrected chi connectivity index (χ4v) is 3.32. The van der Waals surface area contributed by atoms with E-state index in [0.717, 1.165) is 21.8 Å². The molecule has 3 rings (SSSR count). The molecule has 0 bridgehead atoms. The standard InChI is InChI=1S/C15H13BrN2OS/c1-9-18-13-6-5-11(7-14(13)20-9)17-8-10-3-2-4-12(16)15(10)19/h2-7,17,19H,8H2,1H3. The van der Waals surface area contributed by atoms with Gasteiger partial charge in [0.1, 0.15) is 5.75 Å². The lowest BCUT2D eigenvalue weighted by Crippen LogP contribution is -1.99. The zero-order chi connectivity index (χ0) is 14.1. The van der Waals surface area contributed by atoms with Crippen LogP contribution in [0.15, 0.2) is 40.9 Å². The van der Waals surface area contributed by atoms with Crippen LogP contribution in [0.1, 0.15) is 10.6 Å². The van der Waals surface area contributed by atoms with Crippen LogP contribution in [-0.2, 0) is 6.54 Å². The monoisotopic (exact) mass is 348 g/mol. The molecule has 0 saturated heterocycles. The summed E-state index contributed by atoms with van der Waals surface area (Å²) in [5.41, 5.74) is 2.92. The highest BCUT2D eigenvalue weighted by atomic mass is 79.9. The number of aromatic nitrogens is 1. The summed E-state index contributed by atoms with van der Waals surface area (Å²) in [6.07, 6.45) is 0. The second-order valence-electron chi connectivity index (χ2n) is 4.52. The number of rotatable bonds is 3. The molecule has 3 nitrogen and oxygen atoms in total. The molecule has 0 aliphatic heterocycles. The Morgan fingerprint density at radius 1 is 1.30 bits per heavy atom. The van der Waals surface area contributed by atoms with E-state index >= 15 is 0 Å². The van der Waals surface area contributed by atoms with Gasteiger partial charge in [-0.25, -0.2) is 4.98 Å². The van der Waals surface area contributed by atoms with Crippen molar-refractivity contribution in [2.24, 2.45) is 0 Å². The van der Waals surface area contributed by atoms with Gasteiger partial charge in [0, 0.05) is 17.8 Å². The van der Waals surface area contributed by atoms with E-state index in [-0.39, 0.29) is 5.75 Å². The Balaban J connectivity index is 1.81. The molecule has 2 N–H and O–H groups in total. The van der Waals surface area contributed by atoms with Gasteiger partial charge in [-0.15, -0.1) is 11.3 Å². The Morgan fingerprint density at radius 2 is 2.15 bits per heavy atom. The number of nitrogens with zero attached hydrogens (tertiary/aromatic N) is 1. The van der Waals surface area contributed by atoms with Gasteiger partial charge in [-0.2, -0.15) is 0 Å². The Bertz CT molecular complexity index is 770. The van der Waals surface area contributed by atoms with E-state index in [1.807, 2.05) is 37.3 Å². The predicted molar refractivity (Wildman–Crippen MR) is 87.5 cm³/mol. The SMILES string of the molecule is Cc1nc2ccc(NCc3cccc(Br)c3O)cc2s1. The number of hydrogen-bond acceptors (Lipinski definition) is 4. The van der Waals surface area contributed by atoms with E-state index in [1.54, 1.807) is 11.3 Å². The van der Waals surface area contributed by atoms with Crippen molar-refractivity contribution in [1.82, 2.24) is 4.98 Å². The molecule has 0 fully saturated rings. The van der Waals surface area contributed by atoms with Crippen LogP contribution in [0.2, 0.25) is 0 Å². The van der Waals surface area contributed by atoms with Gasteiger partial charge in [0.25, 0.3) is 0 Å². The van der Waals surface area contributed by atoms with E-state index in [9.17, 15) is 5.11 Å². The molecule has 20 heavy (non-hydrogen) atoms. The Labute approximate surface area is 129 Å². The normalized spacial score (nSPS) is 10.9. The third-order valence-corrected chi connectivity index (χ3v) is 4.62. The summed E-state index contributed by atoms with van der Waals surface area (Å²) in [5, 5.41) is 14.4. The van der Waals surface area contributed by atoms with Crippen LogP contribution in [0, 0.1) is 6.92 Å². The molecule has 0 unspecified atom stereocenters. The minimum atomic E-state index is 0.287. The second-order valence-corrected chi connectivity index (χ2v) is 6.61. The van der Waals surface area contributed by atoms with Crippen LogP contribution in [0.25, 0.3) is 10.2 Å². The van der Waals surface area contributed by atoms with Crippen LogP contribution in [0.3, 0.4) is 0 Å². The quantitative estimate of drug-likeness (QED) is 0.721. The number of phenolic OH excluding ortho intramolecular Hbond substituents is 1. The van der Waals surface area contributed by atoms with Gasteiger partial charge in [-0.1, -0.05) is 12.1 Å². The Morgan fingerprint density at radius 3 is 3.00 bits per heavy atom. The number of hydrogen-bond donors (Lipinski definition) is 2. The average molecular weight is 349 g/mol. The Kier molecular flexibility index (Phi) is 3.63. The molecule has 1 heterocycles. The number of nitrogens with one attached hydrogen (secondary N) is 1. The highest BCUT2D eigenvalue weighted by molar-refractivity contribution is 9.10. The fourth-order valence-electron chi connectivity index (χ4n) is 2.05. The van der Waals surface area contributed by atoms with Crippen LogP contribution in [0.5, 0.6) is 5.75 Å². The number of benzene rings is 2. The van der Waals surface area contributed by atoms with E-state index in [2.05, 4.69) is 32.3 Å². The molecule has 2 aromatic carbocycles. The van der Waals surface area contributed by atoms with Gasteiger partial charge in [0.2, 0.25) is 0 Å². The minimum Gasteiger partial charge on any atom is -0.506 e. The molecule has 0 atom stereocenters. The number of para-hydroxylation sites is 1. The summed E-state index contributed by atoms with van der Waals surface area (Å²) in [7, 11) is 0. The van der Waals surface area contributed by atoms with Crippen LogP contribution >= 0.6 is 27.3 Å². The summed E-state index contributed by atoms with van der Waals surface area (Å²) in [6.45, 7) is 2.59. The first kappa shape index (κ1) is 13.4. The maximum atomic E-state index is 9.96. The number of aromatic hydroxyl groups is 1. The lowest BCUT2D eigenvalue weighted by Gasteiger charge is -2.09. The molecular weight excluding hydrogens is 336 g/mol. The predicted octanol–water partition coefficient (Wildman–Crippen LogP) is 4.68. The summed E-state index contributed by atoms with van der Waals surface area (Å²) < 4.78 is 1.89. The van der Waals surface area contributed by atoms with Crippen molar-refractivity contribution in [3.8, 4) is 5.75 Å². The third-order valence-electron chi connectivity index (χ3n) is 3.05. The molecule has 0 amide bonds. The number of anilines is 1. The molecule has 5 heteroatoms. The smallest absolute Gasteiger partial charge is 0.134 e. The van der Waals surface area contributed by atoms with Crippen molar-refractivity contribution in [2.75, 3.05) is 5.32 Å². The first-order chi connectivity index (χ1) is 9.63. The topological polar surface area (TPSA) is 45.2 Å². The summed E-state index contributed by atoms with van der Waals surface area (Å²) in [4.78, 5) is 4.44. The van der Waals surface area contributed by atoms with Gasteiger partial charge in [-0.05, 0) is 47.1 Å². The van der Waals surface area contributed by atoms with Crippen molar-refractivity contribution >= 4 is 43.2 Å². The van der Waals surface area contributed by atoms with Crippen LogP contribution in [0.4, 0.5) is 5.69 Å². The van der Waals surface area contributed by atoms with Gasteiger partial charge in [0.15, 0.2) is 0 Å². The summed E-state index contributed by atoms with van der Waals surface area (Å²) in [6, 6.07) is 11.8. The molecule has 0 saturated carbocycles. The zero-order valence-corrected chi connectivity index (χ0v) is 13.3. The number of halogens is 1. The van der Waals surface area contributed by atoms with Crippen molar-refractivity contribution in [1.29, 1.82) is 0 Å². The van der Waals surface area contributed by atoms with Crippen molar-refractivity contribution in [3.05, 3.63) is 51.4 Å². The highest BCUT2D eigenvalue weighted by Gasteiger charge is 2.05. The van der Waals surface area contributed by atoms with Gasteiger partial charge in [-0.3, -0.25) is 0 Å². The van der Waals surface area contributed by atoms with Crippen molar-refractivity contribution in [3.63, 3.8) is 0 Å². The molecule has 3 aromatic rings. The zero-order valence-electron chi connectivity index (χ0n) is 10.9. The lowest BCUT2D eigenvalue weighted by molar-refractivity contribution is 0.465. The van der Waals surface area contributed by atoms with E-state index in [4.69, 9.17) is 0 Å². The first-order valence-corrected chi connectivity index (χ1v) is 7.82. The molecule has 102 valence electrons. The largest absolute Gasteiger partial charge is 0.506 e. The van der Waals surface area contributed by atoms with E-state index in [0.29, 0.717) is 11.0 Å². The van der Waals surface area contributed by atoms with Crippen LogP contribution in [-0.4, -0.2) is 10.1 Å². The lowest BCUT2D eigenvalue weighted by atomic mass is 10.2. The third kappa shape index (κ3) is 2.64. The minimum absolute atomic E-state index is 0.287. The molecule has 1 aromatic heterocycles. The number of aryl methyl sites for hydroxylation is 1. The van der Waals surface area contributed by atoms with Gasteiger partial charge < -0.3 is 10.4 Å². The average Bonchev–Trinajstić information content (AvgIpc) is 2.79. The fraction of sp³-hybridized carbons (Fsp3) is 0.133. The number of fused-ring (bicyclic) bond motifs is 1. The first-order valence-electron chi connectivity index (χ1n) is 6.21. The highest BCUT2D eigenvalue weighted by Crippen LogP contribution is 2.29. The molecule has 0 aliphatic rings. The number of thiazole rings is 1. The second kappa shape index (κ2) is 5.42. The van der Waals surface area contributed by atoms with Gasteiger partial charge in [0.05, 0.1) is 19.7 Å². The summed E-state index contributed by atoms with van der Waals surface area (Å²) >= 11 is 5.01. The molecular formula is C15H13BrN2OS. The maximum Gasteiger partial charge on any atom is 0.134 e. The van der Waals surface area contributed by atoms with Crippen LogP contribution < -0.4 is 5.32 Å². The van der Waals surface area contributed by atoms with Gasteiger partial charge >= 0.3 is 0 Å². The molecule has 0 radical (unpaired) electrons. The van der Waals surface area contributed by atoms with E-state index < -0.39 is 0 Å². The maximum absolute atomic E-state index is 9.96. The molecule has 0 aliphatic carbocycles. The summed E-state index contributed by atoms with van der Waals surface area (Å²) in [5.74, 6) is 0.287.